The van der Waals surface area contributed by atoms with Gasteiger partial charge in [-0.2, -0.15) is 0 Å². The fourth-order valence-electron chi connectivity index (χ4n) is 3.72. The third-order valence-electron chi connectivity index (χ3n) is 5.51. The van der Waals surface area contributed by atoms with Crippen LogP contribution in [0.15, 0.2) is 124 Å². The summed E-state index contributed by atoms with van der Waals surface area (Å²) in [5.74, 6) is 0.955. The van der Waals surface area contributed by atoms with Gasteiger partial charge < -0.3 is 14.2 Å². The third-order valence-corrected chi connectivity index (χ3v) is 7.72. The number of carbonyl (C=O) groups is 1. The zero-order valence-corrected chi connectivity index (χ0v) is 21.0. The van der Waals surface area contributed by atoms with Crippen molar-refractivity contribution in [2.75, 3.05) is 13.7 Å². The zero-order valence-electron chi connectivity index (χ0n) is 20.1. The second kappa shape index (κ2) is 11.2. The molecule has 35 heavy (non-hydrogen) atoms. The average molecular weight is 486 g/mol. The minimum absolute atomic E-state index is 0.173. The largest absolute Gasteiger partial charge is 0.497 e. The molecule has 0 bridgehead atoms. The van der Waals surface area contributed by atoms with Gasteiger partial charge in [-0.1, -0.05) is 54.6 Å². The molecule has 0 fully saturated rings. The maximum absolute atomic E-state index is 12.6. The van der Waals surface area contributed by atoms with Gasteiger partial charge in [-0.15, -0.1) is 0 Å². The Morgan fingerprint density at radius 3 is 1.86 bits per heavy atom. The number of ether oxygens (including phenoxy) is 3. The van der Waals surface area contributed by atoms with E-state index in [9.17, 15) is 4.79 Å². The minimum Gasteiger partial charge on any atom is -0.497 e. The first-order chi connectivity index (χ1) is 17.0. The molecular weight excluding hydrogens is 456 g/mol. The molecule has 0 unspecified atom stereocenters. The van der Waals surface area contributed by atoms with Crippen molar-refractivity contribution in [3.8, 4) is 11.5 Å². The normalized spacial score (nSPS) is 11.2. The summed E-state index contributed by atoms with van der Waals surface area (Å²) in [5, 5.41) is 0. The first-order valence-electron chi connectivity index (χ1n) is 11.4. The molecule has 0 N–H and O–H groups in total. The molecule has 0 aliphatic heterocycles. The van der Waals surface area contributed by atoms with Crippen molar-refractivity contribution < 1.29 is 19.0 Å². The second-order valence-corrected chi connectivity index (χ2v) is 10.4. The van der Waals surface area contributed by atoms with E-state index in [2.05, 4.69) is 54.6 Å². The summed E-state index contributed by atoms with van der Waals surface area (Å²) in [6, 6.07) is 36.2. The van der Waals surface area contributed by atoms with E-state index in [1.807, 2.05) is 68.4 Å². The Kier molecular flexibility index (Phi) is 7.78. The highest BCUT2D eigenvalue weighted by molar-refractivity contribution is 7.97. The Hall–Kier alpha value is -3.70. The van der Waals surface area contributed by atoms with Crippen molar-refractivity contribution in [3.63, 3.8) is 0 Å². The molecule has 0 aliphatic carbocycles. The first kappa shape index (κ1) is 24.4. The van der Waals surface area contributed by atoms with E-state index in [0.717, 1.165) is 16.2 Å². The Balaban J connectivity index is 1.47. The van der Waals surface area contributed by atoms with E-state index in [1.165, 1.54) is 9.79 Å². The highest BCUT2D eigenvalue weighted by atomic mass is 32.2. The van der Waals surface area contributed by atoms with Gasteiger partial charge in [0.25, 0.3) is 0 Å². The van der Waals surface area contributed by atoms with Gasteiger partial charge in [0.15, 0.2) is 21.3 Å². The molecule has 4 rings (SSSR count). The smallest absolute Gasteiger partial charge is 0.345 e. The lowest BCUT2D eigenvalue weighted by molar-refractivity contribution is -0.159. The summed E-state index contributed by atoms with van der Waals surface area (Å²) in [6.07, 6.45) is 0. The summed E-state index contributed by atoms with van der Waals surface area (Å²) in [4.78, 5) is 16.2. The van der Waals surface area contributed by atoms with Crippen LogP contribution < -0.4 is 9.47 Å². The third kappa shape index (κ3) is 6.25. The number of benzene rings is 4. The van der Waals surface area contributed by atoms with E-state index in [0.29, 0.717) is 5.75 Å². The molecule has 4 aromatic carbocycles. The number of hydrogen-bond acceptors (Lipinski definition) is 4. The highest BCUT2D eigenvalue weighted by Crippen LogP contribution is 2.33. The Bertz CT molecular complexity index is 1200. The average Bonchev–Trinajstić information content (AvgIpc) is 2.89. The van der Waals surface area contributed by atoms with Crippen molar-refractivity contribution in [1.82, 2.24) is 0 Å². The van der Waals surface area contributed by atoms with Crippen molar-refractivity contribution in [2.24, 2.45) is 0 Å². The molecule has 178 valence electrons. The van der Waals surface area contributed by atoms with Gasteiger partial charge in [0.1, 0.15) is 17.1 Å². The second-order valence-electron chi connectivity index (χ2n) is 8.41. The van der Waals surface area contributed by atoms with Crippen molar-refractivity contribution in [2.45, 2.75) is 34.1 Å². The lowest BCUT2D eigenvalue weighted by Crippen LogP contribution is -2.28. The van der Waals surface area contributed by atoms with Gasteiger partial charge in [-0.3, -0.25) is 0 Å². The molecule has 0 aromatic heterocycles. The monoisotopic (exact) mass is 485 g/mol. The van der Waals surface area contributed by atoms with Crippen LogP contribution in [0.4, 0.5) is 0 Å². The first-order valence-corrected chi connectivity index (χ1v) is 12.6. The molecule has 0 radical (unpaired) electrons. The Morgan fingerprint density at radius 2 is 1.29 bits per heavy atom. The number of rotatable bonds is 9. The molecule has 4 aromatic rings. The van der Waals surface area contributed by atoms with Crippen LogP contribution in [0.2, 0.25) is 0 Å². The molecule has 5 heteroatoms. The summed E-state index contributed by atoms with van der Waals surface area (Å²) in [5.41, 5.74) is 0.0881. The Labute approximate surface area is 209 Å². The topological polar surface area (TPSA) is 44.8 Å². The number of methoxy groups -OCH3 is 1. The Morgan fingerprint density at radius 1 is 0.714 bits per heavy atom. The molecular formula is C30H29O4S+. The van der Waals surface area contributed by atoms with E-state index in [4.69, 9.17) is 14.2 Å². The fourth-order valence-corrected chi connectivity index (χ4v) is 5.84. The SMILES string of the molecule is COc1ccc(C(C)(C)OC(=O)COc2cccc([S+](c3ccccc3)c3ccccc3)c2)cc1. The molecule has 0 amide bonds. The lowest BCUT2D eigenvalue weighted by Gasteiger charge is -2.25. The van der Waals surface area contributed by atoms with Crippen LogP contribution in [0.25, 0.3) is 0 Å². The summed E-state index contributed by atoms with van der Waals surface area (Å²) in [7, 11) is 1.33. The number of esters is 1. The number of carbonyl (C=O) groups excluding carboxylic acids is 1. The number of hydrogen-bond donors (Lipinski definition) is 0. The maximum atomic E-state index is 12.6. The minimum atomic E-state index is -0.790. The van der Waals surface area contributed by atoms with Crippen molar-refractivity contribution >= 4 is 16.9 Å². The van der Waals surface area contributed by atoms with Gasteiger partial charge in [-0.25, -0.2) is 4.79 Å². The van der Waals surface area contributed by atoms with Crippen LogP contribution in [-0.2, 0) is 26.0 Å². The van der Waals surface area contributed by atoms with E-state index >= 15 is 0 Å². The molecule has 4 nitrogen and oxygen atoms in total. The van der Waals surface area contributed by atoms with Gasteiger partial charge in [-0.05, 0) is 67.9 Å². The molecule has 0 saturated heterocycles. The van der Waals surface area contributed by atoms with E-state index < -0.39 is 11.6 Å². The predicted octanol–water partition coefficient (Wildman–Crippen LogP) is 6.65. The molecule has 0 aliphatic rings. The molecule has 0 saturated carbocycles. The molecule has 0 spiro atoms. The summed E-state index contributed by atoms with van der Waals surface area (Å²) >= 11 is 0. The van der Waals surface area contributed by atoms with Crippen molar-refractivity contribution in [3.05, 3.63) is 115 Å². The van der Waals surface area contributed by atoms with E-state index in [-0.39, 0.29) is 17.5 Å². The van der Waals surface area contributed by atoms with Crippen LogP contribution in [-0.4, -0.2) is 19.7 Å². The summed E-state index contributed by atoms with van der Waals surface area (Å²) in [6.45, 7) is 3.55. The van der Waals surface area contributed by atoms with Crippen LogP contribution in [0.3, 0.4) is 0 Å². The quantitative estimate of drug-likeness (QED) is 0.197. The highest BCUT2D eigenvalue weighted by Gasteiger charge is 2.29. The standard InChI is InChI=1S/C30H29O4S/c1-30(2,23-17-19-24(32-3)20-18-23)34-29(31)22-33-25-11-10-16-28(21-25)35(26-12-6-4-7-13-26)27-14-8-5-9-15-27/h4-21H,22H2,1-3H3/q+1. The zero-order chi connectivity index (χ0) is 24.7. The predicted molar refractivity (Wildman–Crippen MR) is 139 cm³/mol. The van der Waals surface area contributed by atoms with Crippen LogP contribution in [0, 0.1) is 0 Å². The van der Waals surface area contributed by atoms with Crippen LogP contribution in [0.1, 0.15) is 19.4 Å². The van der Waals surface area contributed by atoms with E-state index in [1.54, 1.807) is 7.11 Å². The fraction of sp³-hybridized carbons (Fsp3) is 0.167. The molecule has 0 heterocycles. The van der Waals surface area contributed by atoms with Gasteiger partial charge in [0.05, 0.1) is 18.0 Å². The maximum Gasteiger partial charge on any atom is 0.345 e. The van der Waals surface area contributed by atoms with Crippen LogP contribution >= 0.6 is 0 Å². The lowest BCUT2D eigenvalue weighted by atomic mass is 9.98. The van der Waals surface area contributed by atoms with Crippen LogP contribution in [0.5, 0.6) is 11.5 Å². The van der Waals surface area contributed by atoms with Gasteiger partial charge >= 0.3 is 5.97 Å². The van der Waals surface area contributed by atoms with Crippen molar-refractivity contribution in [1.29, 1.82) is 0 Å². The summed E-state index contributed by atoms with van der Waals surface area (Å²) < 4.78 is 16.8. The molecule has 0 atom stereocenters. The van der Waals surface area contributed by atoms with Gasteiger partial charge in [0.2, 0.25) is 0 Å². The van der Waals surface area contributed by atoms with Gasteiger partial charge in [0, 0.05) is 6.07 Å².